The second-order valence-electron chi connectivity index (χ2n) is 5.19. The maximum absolute atomic E-state index is 5.87. The Kier molecular flexibility index (Phi) is 5.05. The number of benzene rings is 2. The van der Waals surface area contributed by atoms with E-state index < -0.39 is 0 Å². The molecule has 2 aromatic rings. The predicted octanol–water partition coefficient (Wildman–Crippen LogP) is 4.94. The van der Waals surface area contributed by atoms with Crippen LogP contribution in [0.3, 0.4) is 0 Å². The van der Waals surface area contributed by atoms with Crippen molar-refractivity contribution in [2.75, 3.05) is 0 Å². The van der Waals surface area contributed by atoms with Gasteiger partial charge in [-0.25, -0.2) is 0 Å². The summed E-state index contributed by atoms with van der Waals surface area (Å²) >= 11 is 5.86. The monoisotopic (exact) mass is 289 g/mol. The van der Waals surface area contributed by atoms with Crippen molar-refractivity contribution in [3.05, 3.63) is 58.6 Å². The molecular formula is C17H20ClNO. The number of rotatable bonds is 5. The van der Waals surface area contributed by atoms with Crippen molar-refractivity contribution in [3.63, 3.8) is 0 Å². The third-order valence-electron chi connectivity index (χ3n) is 3.00. The molecule has 2 rings (SSSR count). The highest BCUT2D eigenvalue weighted by Crippen LogP contribution is 2.26. The second-order valence-corrected chi connectivity index (χ2v) is 5.63. The van der Waals surface area contributed by atoms with Crippen LogP contribution in [-0.2, 0) is 6.54 Å². The fourth-order valence-electron chi connectivity index (χ4n) is 1.89. The first-order valence-corrected chi connectivity index (χ1v) is 7.19. The molecule has 2 nitrogen and oxygen atoms in total. The molecule has 0 saturated heterocycles. The Morgan fingerprint density at radius 3 is 2.40 bits per heavy atom. The van der Waals surface area contributed by atoms with E-state index in [1.165, 1.54) is 5.56 Å². The van der Waals surface area contributed by atoms with Crippen LogP contribution in [0.5, 0.6) is 11.5 Å². The summed E-state index contributed by atoms with van der Waals surface area (Å²) in [5.41, 5.74) is 2.39. The molecular weight excluding hydrogens is 270 g/mol. The fourth-order valence-corrected chi connectivity index (χ4v) is 2.01. The SMILES string of the molecule is Cc1cc(CNC(C)C)ccc1Oc1ccc(Cl)cc1. The molecule has 0 aliphatic carbocycles. The van der Waals surface area contributed by atoms with Crippen LogP contribution in [0, 0.1) is 6.92 Å². The van der Waals surface area contributed by atoms with Gasteiger partial charge in [0.2, 0.25) is 0 Å². The van der Waals surface area contributed by atoms with E-state index in [4.69, 9.17) is 16.3 Å². The molecule has 0 amide bonds. The van der Waals surface area contributed by atoms with Gasteiger partial charge in [-0.3, -0.25) is 0 Å². The Bertz CT molecular complexity index is 564. The summed E-state index contributed by atoms with van der Waals surface area (Å²) in [7, 11) is 0. The third-order valence-corrected chi connectivity index (χ3v) is 3.25. The van der Waals surface area contributed by atoms with E-state index >= 15 is 0 Å². The van der Waals surface area contributed by atoms with E-state index in [0.29, 0.717) is 11.1 Å². The van der Waals surface area contributed by atoms with Crippen molar-refractivity contribution in [1.29, 1.82) is 0 Å². The summed E-state index contributed by atoms with van der Waals surface area (Å²) in [6, 6.07) is 14.1. The van der Waals surface area contributed by atoms with E-state index in [-0.39, 0.29) is 0 Å². The highest BCUT2D eigenvalue weighted by molar-refractivity contribution is 6.30. The van der Waals surface area contributed by atoms with Gasteiger partial charge >= 0.3 is 0 Å². The molecule has 0 bridgehead atoms. The van der Waals surface area contributed by atoms with Crippen LogP contribution in [0.25, 0.3) is 0 Å². The van der Waals surface area contributed by atoms with Gasteiger partial charge in [0.05, 0.1) is 0 Å². The van der Waals surface area contributed by atoms with E-state index in [0.717, 1.165) is 23.6 Å². The van der Waals surface area contributed by atoms with Crippen molar-refractivity contribution < 1.29 is 4.74 Å². The lowest BCUT2D eigenvalue weighted by Crippen LogP contribution is -2.21. The minimum atomic E-state index is 0.486. The summed E-state index contributed by atoms with van der Waals surface area (Å²) in [5, 5.41) is 4.12. The molecule has 2 aromatic carbocycles. The maximum Gasteiger partial charge on any atom is 0.130 e. The molecule has 0 radical (unpaired) electrons. The Morgan fingerprint density at radius 1 is 1.10 bits per heavy atom. The first-order chi connectivity index (χ1) is 9.54. The van der Waals surface area contributed by atoms with E-state index in [2.05, 4.69) is 38.2 Å². The van der Waals surface area contributed by atoms with Gasteiger partial charge in [-0.1, -0.05) is 37.6 Å². The number of ether oxygens (including phenoxy) is 1. The normalized spacial score (nSPS) is 10.8. The number of hydrogen-bond acceptors (Lipinski definition) is 2. The molecule has 1 N–H and O–H groups in total. The highest BCUT2D eigenvalue weighted by atomic mass is 35.5. The molecule has 0 aromatic heterocycles. The third kappa shape index (κ3) is 4.26. The van der Waals surface area contributed by atoms with Crippen LogP contribution in [-0.4, -0.2) is 6.04 Å². The van der Waals surface area contributed by atoms with E-state index in [9.17, 15) is 0 Å². The van der Waals surface area contributed by atoms with Crippen molar-refractivity contribution in [2.24, 2.45) is 0 Å². The molecule has 0 saturated carbocycles. The number of halogens is 1. The van der Waals surface area contributed by atoms with Gasteiger partial charge in [-0.2, -0.15) is 0 Å². The Hall–Kier alpha value is -1.51. The van der Waals surface area contributed by atoms with Gasteiger partial charge in [0.15, 0.2) is 0 Å². The number of aryl methyl sites for hydroxylation is 1. The minimum Gasteiger partial charge on any atom is -0.457 e. The van der Waals surface area contributed by atoms with Crippen molar-refractivity contribution >= 4 is 11.6 Å². The predicted molar refractivity (Wildman–Crippen MR) is 84.7 cm³/mol. The quantitative estimate of drug-likeness (QED) is 0.842. The van der Waals surface area contributed by atoms with Crippen LogP contribution in [0.1, 0.15) is 25.0 Å². The number of hydrogen-bond donors (Lipinski definition) is 1. The molecule has 0 fully saturated rings. The zero-order chi connectivity index (χ0) is 14.5. The Balaban J connectivity index is 2.07. The van der Waals surface area contributed by atoms with Gasteiger partial charge in [0.1, 0.15) is 11.5 Å². The summed E-state index contributed by atoms with van der Waals surface area (Å²) < 4.78 is 5.87. The van der Waals surface area contributed by atoms with Crippen LogP contribution in [0.4, 0.5) is 0 Å². The van der Waals surface area contributed by atoms with Crippen LogP contribution < -0.4 is 10.1 Å². The van der Waals surface area contributed by atoms with Crippen LogP contribution >= 0.6 is 11.6 Å². The fraction of sp³-hybridized carbons (Fsp3) is 0.294. The standard InChI is InChI=1S/C17H20ClNO/c1-12(2)19-11-14-4-9-17(13(3)10-14)20-16-7-5-15(18)6-8-16/h4-10,12,19H,11H2,1-3H3. The molecule has 20 heavy (non-hydrogen) atoms. The summed E-state index contributed by atoms with van der Waals surface area (Å²) in [6.45, 7) is 7.22. The maximum atomic E-state index is 5.87. The van der Waals surface area contributed by atoms with Crippen molar-refractivity contribution in [1.82, 2.24) is 5.32 Å². The molecule has 0 atom stereocenters. The zero-order valence-electron chi connectivity index (χ0n) is 12.1. The summed E-state index contributed by atoms with van der Waals surface area (Å²) in [4.78, 5) is 0. The van der Waals surface area contributed by atoms with Gasteiger partial charge in [-0.05, 0) is 48.4 Å². The molecule has 0 aliphatic heterocycles. The largest absolute Gasteiger partial charge is 0.457 e. The summed E-state index contributed by atoms with van der Waals surface area (Å²) in [5.74, 6) is 1.67. The van der Waals surface area contributed by atoms with Gasteiger partial charge in [0, 0.05) is 17.6 Å². The lowest BCUT2D eigenvalue weighted by molar-refractivity contribution is 0.478. The Morgan fingerprint density at radius 2 is 1.80 bits per heavy atom. The van der Waals surface area contributed by atoms with Gasteiger partial charge in [0.25, 0.3) is 0 Å². The molecule has 0 heterocycles. The molecule has 0 spiro atoms. The first-order valence-electron chi connectivity index (χ1n) is 6.81. The smallest absolute Gasteiger partial charge is 0.130 e. The topological polar surface area (TPSA) is 21.3 Å². The van der Waals surface area contributed by atoms with Gasteiger partial charge < -0.3 is 10.1 Å². The van der Waals surface area contributed by atoms with E-state index in [1.807, 2.05) is 30.3 Å². The molecule has 0 aliphatic rings. The zero-order valence-corrected chi connectivity index (χ0v) is 12.9. The average Bonchev–Trinajstić information content (AvgIpc) is 2.41. The second kappa shape index (κ2) is 6.78. The van der Waals surface area contributed by atoms with E-state index in [1.54, 1.807) is 0 Å². The Labute approximate surface area is 125 Å². The first kappa shape index (κ1) is 14.9. The molecule has 106 valence electrons. The lowest BCUT2D eigenvalue weighted by Gasteiger charge is -2.12. The minimum absolute atomic E-state index is 0.486. The summed E-state index contributed by atoms with van der Waals surface area (Å²) in [6.07, 6.45) is 0. The molecule has 3 heteroatoms. The lowest BCUT2D eigenvalue weighted by atomic mass is 10.1. The van der Waals surface area contributed by atoms with Crippen molar-refractivity contribution in [3.8, 4) is 11.5 Å². The highest BCUT2D eigenvalue weighted by Gasteiger charge is 2.03. The van der Waals surface area contributed by atoms with Crippen LogP contribution in [0.15, 0.2) is 42.5 Å². The number of nitrogens with one attached hydrogen (secondary N) is 1. The van der Waals surface area contributed by atoms with Crippen LogP contribution in [0.2, 0.25) is 5.02 Å². The van der Waals surface area contributed by atoms with Gasteiger partial charge in [-0.15, -0.1) is 0 Å². The average molecular weight is 290 g/mol. The molecule has 0 unspecified atom stereocenters. The van der Waals surface area contributed by atoms with Crippen molar-refractivity contribution in [2.45, 2.75) is 33.4 Å².